The number of carbonyl (C=O) groups is 1. The lowest BCUT2D eigenvalue weighted by Crippen LogP contribution is -2.00. The van der Waals surface area contributed by atoms with Gasteiger partial charge in [0.25, 0.3) is 0 Å². The lowest BCUT2D eigenvalue weighted by Gasteiger charge is -2.02. The molecule has 0 bridgehead atoms. The molecule has 2 aromatic rings. The van der Waals surface area contributed by atoms with Gasteiger partial charge in [-0.3, -0.25) is 4.79 Å². The highest BCUT2D eigenvalue weighted by atomic mass is 35.5. The van der Waals surface area contributed by atoms with Crippen LogP contribution in [0.3, 0.4) is 0 Å². The summed E-state index contributed by atoms with van der Waals surface area (Å²) >= 11 is 6.97. The van der Waals surface area contributed by atoms with Crippen LogP contribution in [0.1, 0.15) is 29.4 Å². The number of ketones is 1. The highest BCUT2D eigenvalue weighted by Gasteiger charge is 2.26. The number of thiazole rings is 1. The fourth-order valence-corrected chi connectivity index (χ4v) is 2.68. The average Bonchev–Trinajstić information content (AvgIpc) is 2.91. The van der Waals surface area contributed by atoms with E-state index in [2.05, 4.69) is 14.5 Å². The van der Waals surface area contributed by atoms with Crippen LogP contribution in [-0.4, -0.2) is 26.2 Å². The van der Waals surface area contributed by atoms with E-state index in [1.807, 2.05) is 6.33 Å². The van der Waals surface area contributed by atoms with Gasteiger partial charge in [-0.2, -0.15) is 0 Å². The van der Waals surface area contributed by atoms with Crippen molar-refractivity contribution < 1.29 is 4.79 Å². The number of halogens is 1. The molecule has 1 aliphatic carbocycles. The highest BCUT2D eigenvalue weighted by molar-refractivity contribution is 7.13. The van der Waals surface area contributed by atoms with E-state index in [0.717, 1.165) is 10.7 Å². The lowest BCUT2D eigenvalue weighted by atomic mass is 10.3. The molecule has 0 atom stereocenters. The fraction of sp³-hybridized carbons (Fsp3) is 0.364. The van der Waals surface area contributed by atoms with Gasteiger partial charge in [-0.25, -0.2) is 9.97 Å². The molecule has 88 valence electrons. The van der Waals surface area contributed by atoms with Crippen molar-refractivity contribution in [2.45, 2.75) is 18.9 Å². The van der Waals surface area contributed by atoms with Crippen LogP contribution in [0.5, 0.6) is 0 Å². The standard InChI is InChI=1S/C11H10ClN3OS/c12-3-10(16)8-5-17-11(14-8)9-4-13-6-15(9)7-1-2-7/h4-7H,1-3H2. The number of rotatable bonds is 4. The predicted octanol–water partition coefficient (Wildman–Crippen LogP) is 2.76. The van der Waals surface area contributed by atoms with E-state index in [-0.39, 0.29) is 11.7 Å². The third-order valence-corrected chi connectivity index (χ3v) is 3.84. The maximum Gasteiger partial charge on any atom is 0.196 e. The predicted molar refractivity (Wildman–Crippen MR) is 66.7 cm³/mol. The van der Waals surface area contributed by atoms with Gasteiger partial charge in [0.05, 0.1) is 24.1 Å². The summed E-state index contributed by atoms with van der Waals surface area (Å²) in [5, 5.41) is 2.59. The molecule has 4 nitrogen and oxygen atoms in total. The van der Waals surface area contributed by atoms with Gasteiger partial charge in [-0.1, -0.05) is 0 Å². The zero-order valence-electron chi connectivity index (χ0n) is 8.97. The van der Waals surface area contributed by atoms with Crippen molar-refractivity contribution in [3.8, 4) is 10.7 Å². The van der Waals surface area contributed by atoms with Crippen LogP contribution in [-0.2, 0) is 0 Å². The smallest absolute Gasteiger partial charge is 0.196 e. The lowest BCUT2D eigenvalue weighted by molar-refractivity contribution is 0.101. The van der Waals surface area contributed by atoms with Crippen LogP contribution >= 0.6 is 22.9 Å². The van der Waals surface area contributed by atoms with E-state index in [4.69, 9.17) is 11.6 Å². The molecular formula is C11H10ClN3OS. The average molecular weight is 268 g/mol. The van der Waals surface area contributed by atoms with Crippen molar-refractivity contribution in [1.82, 2.24) is 14.5 Å². The maximum atomic E-state index is 11.4. The normalized spacial score (nSPS) is 15.1. The minimum absolute atomic E-state index is 0.0228. The Morgan fingerprint density at radius 2 is 2.41 bits per heavy atom. The van der Waals surface area contributed by atoms with Crippen molar-refractivity contribution in [3.05, 3.63) is 23.6 Å². The summed E-state index contributed by atoms with van der Waals surface area (Å²) in [7, 11) is 0. The number of hydrogen-bond donors (Lipinski definition) is 0. The number of hydrogen-bond acceptors (Lipinski definition) is 4. The zero-order valence-corrected chi connectivity index (χ0v) is 10.5. The molecule has 0 aromatic carbocycles. The molecule has 0 unspecified atom stereocenters. The molecule has 2 heterocycles. The van der Waals surface area contributed by atoms with Crippen molar-refractivity contribution in [1.29, 1.82) is 0 Å². The van der Waals surface area contributed by atoms with Crippen LogP contribution in [0.15, 0.2) is 17.9 Å². The SMILES string of the molecule is O=C(CCl)c1csc(-c2cncn2C2CC2)n1. The Morgan fingerprint density at radius 3 is 3.12 bits per heavy atom. The van der Waals surface area contributed by atoms with Crippen molar-refractivity contribution in [2.75, 3.05) is 5.88 Å². The molecule has 1 saturated carbocycles. The molecule has 1 fully saturated rings. The van der Waals surface area contributed by atoms with Gasteiger partial charge in [0.1, 0.15) is 10.7 Å². The summed E-state index contributed by atoms with van der Waals surface area (Å²) in [6.45, 7) is 0. The third-order valence-electron chi connectivity index (χ3n) is 2.74. The van der Waals surface area contributed by atoms with Gasteiger partial charge in [-0.05, 0) is 12.8 Å². The Hall–Kier alpha value is -1.20. The Balaban J connectivity index is 1.95. The van der Waals surface area contributed by atoms with Crippen molar-refractivity contribution in [2.24, 2.45) is 0 Å². The van der Waals surface area contributed by atoms with Crippen LogP contribution < -0.4 is 0 Å². The number of nitrogens with zero attached hydrogens (tertiary/aromatic N) is 3. The summed E-state index contributed by atoms with van der Waals surface area (Å²) in [4.78, 5) is 19.9. The quantitative estimate of drug-likeness (QED) is 0.632. The van der Waals surface area contributed by atoms with E-state index in [1.165, 1.54) is 24.2 Å². The monoisotopic (exact) mass is 267 g/mol. The first-order chi connectivity index (χ1) is 8.29. The van der Waals surface area contributed by atoms with Gasteiger partial charge < -0.3 is 4.57 Å². The molecular weight excluding hydrogens is 258 g/mol. The number of carbonyl (C=O) groups excluding carboxylic acids is 1. The molecule has 0 aliphatic heterocycles. The molecule has 0 N–H and O–H groups in total. The second-order valence-electron chi connectivity index (χ2n) is 4.01. The first-order valence-electron chi connectivity index (χ1n) is 5.36. The van der Waals surface area contributed by atoms with Gasteiger partial charge in [0.2, 0.25) is 0 Å². The molecule has 0 spiro atoms. The van der Waals surface area contributed by atoms with E-state index < -0.39 is 0 Å². The fourth-order valence-electron chi connectivity index (χ4n) is 1.70. The molecule has 0 amide bonds. The van der Waals surface area contributed by atoms with Gasteiger partial charge in [-0.15, -0.1) is 22.9 Å². The van der Waals surface area contributed by atoms with Crippen molar-refractivity contribution in [3.63, 3.8) is 0 Å². The number of imidazole rings is 1. The van der Waals surface area contributed by atoms with Crippen LogP contribution in [0.25, 0.3) is 10.7 Å². The number of alkyl halides is 1. The van der Waals surface area contributed by atoms with Crippen LogP contribution in [0, 0.1) is 0 Å². The summed E-state index contributed by atoms with van der Waals surface area (Å²) in [6.07, 6.45) is 6.02. The van der Waals surface area contributed by atoms with Crippen LogP contribution in [0.2, 0.25) is 0 Å². The molecule has 0 saturated heterocycles. The molecule has 3 rings (SSSR count). The second-order valence-corrected chi connectivity index (χ2v) is 5.14. The minimum atomic E-state index is -0.133. The Kier molecular flexibility index (Phi) is 2.72. The molecule has 0 radical (unpaired) electrons. The van der Waals surface area contributed by atoms with E-state index in [0.29, 0.717) is 11.7 Å². The summed E-state index contributed by atoms with van der Waals surface area (Å²) in [6, 6.07) is 0.559. The van der Waals surface area contributed by atoms with Crippen LogP contribution in [0.4, 0.5) is 0 Å². The van der Waals surface area contributed by atoms with Gasteiger partial charge >= 0.3 is 0 Å². The Labute approximate surface area is 107 Å². The van der Waals surface area contributed by atoms with E-state index in [1.54, 1.807) is 11.6 Å². The first-order valence-corrected chi connectivity index (χ1v) is 6.78. The third kappa shape index (κ3) is 2.00. The minimum Gasteiger partial charge on any atom is -0.326 e. The molecule has 17 heavy (non-hydrogen) atoms. The van der Waals surface area contributed by atoms with E-state index in [9.17, 15) is 4.79 Å². The maximum absolute atomic E-state index is 11.4. The summed E-state index contributed by atoms with van der Waals surface area (Å²) in [5.74, 6) is -0.155. The van der Waals surface area contributed by atoms with Crippen molar-refractivity contribution >= 4 is 28.7 Å². The van der Waals surface area contributed by atoms with Gasteiger partial charge in [0, 0.05) is 11.4 Å². The number of Topliss-reactive ketones (excluding diaryl/α,β-unsaturated/α-hetero) is 1. The second kappa shape index (κ2) is 4.23. The number of aromatic nitrogens is 3. The highest BCUT2D eigenvalue weighted by Crippen LogP contribution is 2.38. The summed E-state index contributed by atoms with van der Waals surface area (Å²) in [5.41, 5.74) is 1.44. The zero-order chi connectivity index (χ0) is 11.8. The van der Waals surface area contributed by atoms with E-state index >= 15 is 0 Å². The molecule has 6 heteroatoms. The topological polar surface area (TPSA) is 47.8 Å². The Bertz CT molecular complexity index is 559. The molecule has 1 aliphatic rings. The summed E-state index contributed by atoms with van der Waals surface area (Å²) < 4.78 is 2.13. The molecule has 2 aromatic heterocycles. The van der Waals surface area contributed by atoms with Gasteiger partial charge in [0.15, 0.2) is 5.78 Å². The first kappa shape index (κ1) is 10.9. The Morgan fingerprint density at radius 1 is 1.59 bits per heavy atom. The largest absolute Gasteiger partial charge is 0.326 e.